The van der Waals surface area contributed by atoms with Gasteiger partial charge in [0.15, 0.2) is 0 Å². The average Bonchev–Trinajstić information content (AvgIpc) is 2.78. The van der Waals surface area contributed by atoms with Gasteiger partial charge in [-0.3, -0.25) is 4.79 Å². The molecule has 0 aliphatic heterocycles. The Morgan fingerprint density at radius 1 is 0.969 bits per heavy atom. The van der Waals surface area contributed by atoms with Gasteiger partial charge in [0.05, 0.1) is 0 Å². The number of aryl methyl sites for hydroxylation is 2. The van der Waals surface area contributed by atoms with E-state index in [0.29, 0.717) is 18.9 Å². The molecular formula is C27H33FN2O2. The third kappa shape index (κ3) is 7.65. The molecule has 0 saturated carbocycles. The van der Waals surface area contributed by atoms with Gasteiger partial charge in [0, 0.05) is 25.4 Å². The Morgan fingerprint density at radius 3 is 2.28 bits per heavy atom. The maximum Gasteiger partial charge on any atom is 0.254 e. The zero-order chi connectivity index (χ0) is 22.9. The average molecular weight is 437 g/mol. The molecule has 1 heterocycles. The van der Waals surface area contributed by atoms with Crippen LogP contribution in [0.15, 0.2) is 71.7 Å². The molecule has 0 spiro atoms. The highest BCUT2D eigenvalue weighted by Gasteiger charge is 2.04. The van der Waals surface area contributed by atoms with Crippen LogP contribution >= 0.6 is 0 Å². The fourth-order valence-corrected chi connectivity index (χ4v) is 3.44. The molecule has 0 bridgehead atoms. The first-order chi connectivity index (χ1) is 15.4. The Kier molecular flexibility index (Phi) is 8.63. The van der Waals surface area contributed by atoms with Crippen LogP contribution in [0.4, 0.5) is 4.39 Å². The lowest BCUT2D eigenvalue weighted by Crippen LogP contribution is -2.20. The summed E-state index contributed by atoms with van der Waals surface area (Å²) in [4.78, 5) is 14.8. The van der Waals surface area contributed by atoms with Crippen molar-refractivity contribution in [2.75, 3.05) is 13.6 Å². The molecule has 5 heteroatoms. The van der Waals surface area contributed by atoms with Gasteiger partial charge in [0.2, 0.25) is 0 Å². The second-order valence-electron chi connectivity index (χ2n) is 8.80. The maximum absolute atomic E-state index is 13.0. The smallest absolute Gasteiger partial charge is 0.254 e. The predicted molar refractivity (Wildman–Crippen MR) is 127 cm³/mol. The van der Waals surface area contributed by atoms with Gasteiger partial charge in [-0.2, -0.15) is 0 Å². The summed E-state index contributed by atoms with van der Waals surface area (Å²) >= 11 is 0. The molecule has 0 aliphatic carbocycles. The van der Waals surface area contributed by atoms with Gasteiger partial charge in [-0.15, -0.1) is 0 Å². The van der Waals surface area contributed by atoms with Crippen LogP contribution in [0.1, 0.15) is 37.0 Å². The van der Waals surface area contributed by atoms with E-state index in [1.54, 1.807) is 29.0 Å². The zero-order valence-electron chi connectivity index (χ0n) is 19.3. The fraction of sp³-hybridized carbons (Fsp3) is 0.370. The van der Waals surface area contributed by atoms with Crippen LogP contribution in [0.5, 0.6) is 5.75 Å². The topological polar surface area (TPSA) is 34.5 Å². The van der Waals surface area contributed by atoms with Gasteiger partial charge < -0.3 is 14.2 Å². The van der Waals surface area contributed by atoms with Crippen molar-refractivity contribution in [3.63, 3.8) is 0 Å². The van der Waals surface area contributed by atoms with Gasteiger partial charge >= 0.3 is 0 Å². The minimum atomic E-state index is -0.278. The molecule has 0 unspecified atom stereocenters. The lowest BCUT2D eigenvalue weighted by Gasteiger charge is -2.18. The van der Waals surface area contributed by atoms with Gasteiger partial charge in [-0.25, -0.2) is 4.39 Å². The summed E-state index contributed by atoms with van der Waals surface area (Å²) in [6.45, 7) is 7.47. The Bertz CT molecular complexity index is 1030. The lowest BCUT2D eigenvalue weighted by atomic mass is 10.1. The first kappa shape index (κ1) is 23.7. The van der Waals surface area contributed by atoms with E-state index in [4.69, 9.17) is 4.74 Å². The molecule has 0 N–H and O–H groups in total. The van der Waals surface area contributed by atoms with Crippen molar-refractivity contribution in [2.45, 2.75) is 46.4 Å². The summed E-state index contributed by atoms with van der Waals surface area (Å²) in [5.41, 5.74) is 3.28. The summed E-state index contributed by atoms with van der Waals surface area (Å²) in [5.74, 6) is 0.958. The third-order valence-corrected chi connectivity index (χ3v) is 5.49. The van der Waals surface area contributed by atoms with Crippen molar-refractivity contribution >= 4 is 0 Å². The van der Waals surface area contributed by atoms with Crippen molar-refractivity contribution in [3.05, 3.63) is 99.7 Å². The van der Waals surface area contributed by atoms with E-state index in [2.05, 4.69) is 50.1 Å². The number of nitrogens with zero attached hydrogens (tertiary/aromatic N) is 2. The molecule has 3 rings (SSSR count). The summed E-state index contributed by atoms with van der Waals surface area (Å²) in [6.07, 6.45) is 3.76. The molecule has 0 fully saturated rings. The largest absolute Gasteiger partial charge is 0.489 e. The normalized spacial score (nSPS) is 11.3. The molecule has 3 aromatic rings. The third-order valence-electron chi connectivity index (χ3n) is 5.49. The van der Waals surface area contributed by atoms with Gasteiger partial charge in [0.25, 0.3) is 5.56 Å². The maximum atomic E-state index is 13.0. The second-order valence-corrected chi connectivity index (χ2v) is 8.80. The van der Waals surface area contributed by atoms with E-state index < -0.39 is 0 Å². The summed E-state index contributed by atoms with van der Waals surface area (Å²) in [5, 5.41) is 0. The Morgan fingerprint density at radius 2 is 1.62 bits per heavy atom. The number of benzene rings is 2. The van der Waals surface area contributed by atoms with Gasteiger partial charge in [0.1, 0.15) is 18.2 Å². The van der Waals surface area contributed by atoms with Crippen molar-refractivity contribution in [3.8, 4) is 5.75 Å². The summed E-state index contributed by atoms with van der Waals surface area (Å²) < 4.78 is 20.3. The SMILES string of the molecule is CC(C)CCN(C)Cc1ccc(CCn2ccc(OCc3ccc(F)cc3)cc2=O)cc1. The molecule has 4 nitrogen and oxygen atoms in total. The minimum absolute atomic E-state index is 0.0926. The molecule has 0 amide bonds. The van der Waals surface area contributed by atoms with Crippen molar-refractivity contribution in [2.24, 2.45) is 5.92 Å². The van der Waals surface area contributed by atoms with E-state index >= 15 is 0 Å². The molecule has 0 radical (unpaired) electrons. The van der Waals surface area contributed by atoms with E-state index in [9.17, 15) is 9.18 Å². The van der Waals surface area contributed by atoms with Crippen LogP contribution in [0.25, 0.3) is 0 Å². The quantitative estimate of drug-likeness (QED) is 0.410. The zero-order valence-corrected chi connectivity index (χ0v) is 19.3. The highest BCUT2D eigenvalue weighted by Crippen LogP contribution is 2.12. The number of rotatable bonds is 11. The number of hydrogen-bond donors (Lipinski definition) is 0. The summed E-state index contributed by atoms with van der Waals surface area (Å²) in [7, 11) is 2.16. The molecule has 0 atom stereocenters. The molecule has 0 aliphatic rings. The number of halogens is 1. The van der Waals surface area contributed by atoms with Gasteiger partial charge in [-0.05, 0) is 67.2 Å². The Balaban J connectivity index is 1.48. The first-order valence-corrected chi connectivity index (χ1v) is 11.2. The second kappa shape index (κ2) is 11.6. The highest BCUT2D eigenvalue weighted by atomic mass is 19.1. The van der Waals surface area contributed by atoms with Crippen molar-refractivity contribution < 1.29 is 9.13 Å². The lowest BCUT2D eigenvalue weighted by molar-refractivity contribution is 0.303. The predicted octanol–water partition coefficient (Wildman–Crippen LogP) is 5.29. The van der Waals surface area contributed by atoms with E-state index in [-0.39, 0.29) is 11.4 Å². The first-order valence-electron chi connectivity index (χ1n) is 11.2. The summed E-state index contributed by atoms with van der Waals surface area (Å²) in [6, 6.07) is 18.1. The monoisotopic (exact) mass is 436 g/mol. The number of pyridine rings is 1. The van der Waals surface area contributed by atoms with Crippen LogP contribution in [-0.4, -0.2) is 23.1 Å². The molecule has 2 aromatic carbocycles. The molecular weight excluding hydrogens is 403 g/mol. The fourth-order valence-electron chi connectivity index (χ4n) is 3.44. The minimum Gasteiger partial charge on any atom is -0.489 e. The molecule has 170 valence electrons. The van der Waals surface area contributed by atoms with E-state index in [0.717, 1.165) is 31.0 Å². The molecule has 32 heavy (non-hydrogen) atoms. The number of aromatic nitrogens is 1. The molecule has 1 aromatic heterocycles. The number of hydrogen-bond acceptors (Lipinski definition) is 3. The van der Waals surface area contributed by atoms with Crippen LogP contribution in [-0.2, 0) is 26.1 Å². The Hall–Kier alpha value is -2.92. The van der Waals surface area contributed by atoms with Crippen LogP contribution < -0.4 is 10.3 Å². The van der Waals surface area contributed by atoms with Crippen LogP contribution in [0, 0.1) is 11.7 Å². The number of ether oxygens (including phenoxy) is 1. The Labute approximate surface area is 190 Å². The van der Waals surface area contributed by atoms with Crippen LogP contribution in [0.2, 0.25) is 0 Å². The van der Waals surface area contributed by atoms with E-state index in [1.807, 2.05) is 0 Å². The van der Waals surface area contributed by atoms with Crippen molar-refractivity contribution in [1.82, 2.24) is 9.47 Å². The standard InChI is InChI=1S/C27H33FN2O2/c1-21(2)12-15-29(3)19-23-6-4-22(5-7-23)13-16-30-17-14-26(18-27(30)31)32-20-24-8-10-25(28)11-9-24/h4-11,14,17-18,21H,12-13,15-16,19-20H2,1-3H3. The van der Waals surface area contributed by atoms with Crippen molar-refractivity contribution in [1.29, 1.82) is 0 Å². The highest BCUT2D eigenvalue weighted by molar-refractivity contribution is 5.23. The van der Waals surface area contributed by atoms with Gasteiger partial charge in [-0.1, -0.05) is 50.2 Å². The molecule has 0 saturated heterocycles. The van der Waals surface area contributed by atoms with E-state index in [1.165, 1.54) is 35.7 Å². The van der Waals surface area contributed by atoms with Crippen LogP contribution in [0.3, 0.4) is 0 Å².